The maximum absolute atomic E-state index is 12.6. The molecular formula is C19H19N5O2. The minimum Gasteiger partial charge on any atom is -0.306 e. The summed E-state index contributed by atoms with van der Waals surface area (Å²) in [6.45, 7) is 11.0. The molecule has 1 aromatic heterocycles. The van der Waals surface area contributed by atoms with Crippen molar-refractivity contribution in [2.75, 3.05) is 5.32 Å². The zero-order valence-electron chi connectivity index (χ0n) is 15.1. The van der Waals surface area contributed by atoms with Crippen molar-refractivity contribution in [2.24, 2.45) is 9.98 Å². The molecule has 132 valence electrons. The number of aromatic nitrogens is 2. The molecule has 0 unspecified atom stereocenters. The first kappa shape index (κ1) is 17.5. The van der Waals surface area contributed by atoms with E-state index < -0.39 is 5.91 Å². The van der Waals surface area contributed by atoms with Crippen LogP contribution in [0.2, 0.25) is 0 Å². The summed E-state index contributed by atoms with van der Waals surface area (Å²) in [5, 5.41) is 7.11. The van der Waals surface area contributed by atoms with E-state index in [0.29, 0.717) is 22.8 Å². The highest BCUT2D eigenvalue weighted by atomic mass is 16.2. The summed E-state index contributed by atoms with van der Waals surface area (Å²) in [6.07, 6.45) is 0. The van der Waals surface area contributed by atoms with Crippen molar-refractivity contribution in [1.82, 2.24) is 9.78 Å². The molecule has 0 saturated carbocycles. The fourth-order valence-electron chi connectivity index (χ4n) is 2.69. The quantitative estimate of drug-likeness (QED) is 0.846. The van der Waals surface area contributed by atoms with Gasteiger partial charge in [-0.1, -0.05) is 23.8 Å². The lowest BCUT2D eigenvalue weighted by molar-refractivity contribution is -0.113. The van der Waals surface area contributed by atoms with E-state index in [-0.39, 0.29) is 17.4 Å². The normalized spacial score (nSPS) is 14.2. The van der Waals surface area contributed by atoms with Gasteiger partial charge in [0, 0.05) is 11.6 Å². The van der Waals surface area contributed by atoms with Crippen LogP contribution in [0.15, 0.2) is 46.4 Å². The monoisotopic (exact) mass is 349 g/mol. The first-order chi connectivity index (χ1) is 12.2. The van der Waals surface area contributed by atoms with Crippen molar-refractivity contribution >= 4 is 29.3 Å². The van der Waals surface area contributed by atoms with Crippen molar-refractivity contribution < 1.29 is 9.59 Å². The van der Waals surface area contributed by atoms with E-state index in [9.17, 15) is 9.59 Å². The van der Waals surface area contributed by atoms with Crippen molar-refractivity contribution in [3.8, 4) is 0 Å². The van der Waals surface area contributed by atoms with Crippen LogP contribution < -0.4 is 5.32 Å². The van der Waals surface area contributed by atoms with Gasteiger partial charge in [-0.25, -0.2) is 4.99 Å². The number of nitrogens with one attached hydrogen (secondary N) is 1. The Balaban J connectivity index is 1.95. The lowest BCUT2D eigenvalue weighted by atomic mass is 10.1. The minimum absolute atomic E-state index is 0.101. The number of benzene rings is 1. The summed E-state index contributed by atoms with van der Waals surface area (Å²) >= 11 is 0. The van der Waals surface area contributed by atoms with E-state index in [4.69, 9.17) is 0 Å². The molecule has 2 amide bonds. The number of hydrogen-bond acceptors (Lipinski definition) is 4. The highest BCUT2D eigenvalue weighted by Gasteiger charge is 2.21. The number of aryl methyl sites for hydroxylation is 3. The predicted molar refractivity (Wildman–Crippen MR) is 101 cm³/mol. The van der Waals surface area contributed by atoms with Crippen LogP contribution in [0.1, 0.15) is 34.1 Å². The molecule has 0 aliphatic carbocycles. The largest absolute Gasteiger partial charge is 0.306 e. The van der Waals surface area contributed by atoms with Crippen LogP contribution in [0.25, 0.3) is 0 Å². The number of amides is 2. The maximum atomic E-state index is 12.6. The van der Waals surface area contributed by atoms with Gasteiger partial charge in [-0.3, -0.25) is 9.59 Å². The lowest BCUT2D eigenvalue weighted by Gasteiger charge is -2.13. The van der Waals surface area contributed by atoms with E-state index in [2.05, 4.69) is 27.0 Å². The summed E-state index contributed by atoms with van der Waals surface area (Å²) in [7, 11) is 0. The van der Waals surface area contributed by atoms with E-state index in [1.807, 2.05) is 32.0 Å². The van der Waals surface area contributed by atoms with Gasteiger partial charge >= 0.3 is 0 Å². The SMILES string of the molecule is C=C1C(=O)N=C(n2nc(C)cc2NC(=O)c2cc(C)cc(C)c2)N=C1C. The Hall–Kier alpha value is -3.35. The van der Waals surface area contributed by atoms with Gasteiger partial charge < -0.3 is 5.32 Å². The van der Waals surface area contributed by atoms with Gasteiger partial charge in [0.1, 0.15) is 5.82 Å². The number of carbonyl (C=O) groups is 2. The molecule has 0 bridgehead atoms. The van der Waals surface area contributed by atoms with Gasteiger partial charge in [-0.05, 0) is 39.8 Å². The number of hydrogen-bond donors (Lipinski definition) is 1. The molecule has 2 heterocycles. The molecule has 0 spiro atoms. The topological polar surface area (TPSA) is 88.7 Å². The fourth-order valence-corrected chi connectivity index (χ4v) is 2.69. The standard InChI is InChI=1S/C19H19N5O2/c1-10-6-11(2)8-15(7-10)18(26)21-16-9-12(3)23-24(16)19-20-14(5)13(4)17(25)22-19/h6-9H,4H2,1-3,5H3,(H,21,26). The van der Waals surface area contributed by atoms with Crippen LogP contribution in [-0.4, -0.2) is 33.3 Å². The Morgan fingerprint density at radius 1 is 1.04 bits per heavy atom. The Bertz CT molecular complexity index is 991. The lowest BCUT2D eigenvalue weighted by Crippen LogP contribution is -2.25. The molecule has 0 radical (unpaired) electrons. The number of rotatable bonds is 2. The van der Waals surface area contributed by atoms with E-state index >= 15 is 0 Å². The predicted octanol–water partition coefficient (Wildman–Crippen LogP) is 2.82. The second kappa shape index (κ2) is 6.51. The highest BCUT2D eigenvalue weighted by molar-refractivity contribution is 6.28. The smallest absolute Gasteiger partial charge is 0.281 e. The van der Waals surface area contributed by atoms with Gasteiger partial charge in [0.25, 0.3) is 17.8 Å². The molecule has 3 rings (SSSR count). The van der Waals surface area contributed by atoms with E-state index in [1.54, 1.807) is 19.9 Å². The summed E-state index contributed by atoms with van der Waals surface area (Å²) in [5.74, 6) is -0.246. The van der Waals surface area contributed by atoms with Gasteiger partial charge in [0.15, 0.2) is 0 Å². The molecule has 0 atom stereocenters. The molecule has 1 aromatic carbocycles. The molecule has 1 aliphatic heterocycles. The molecule has 1 N–H and O–H groups in total. The fraction of sp³-hybridized carbons (Fsp3) is 0.211. The second-order valence-electron chi connectivity index (χ2n) is 6.31. The number of nitrogens with zero attached hydrogens (tertiary/aromatic N) is 4. The first-order valence-electron chi connectivity index (χ1n) is 8.09. The molecule has 26 heavy (non-hydrogen) atoms. The van der Waals surface area contributed by atoms with Crippen molar-refractivity contribution in [2.45, 2.75) is 27.7 Å². The third-order valence-electron chi connectivity index (χ3n) is 3.91. The van der Waals surface area contributed by atoms with Crippen molar-refractivity contribution in [3.05, 3.63) is 58.8 Å². The van der Waals surface area contributed by atoms with Crippen molar-refractivity contribution in [1.29, 1.82) is 0 Å². The molecule has 0 saturated heterocycles. The molecule has 7 heteroatoms. The zero-order chi connectivity index (χ0) is 19.0. The van der Waals surface area contributed by atoms with E-state index in [0.717, 1.165) is 11.1 Å². The van der Waals surface area contributed by atoms with Crippen molar-refractivity contribution in [3.63, 3.8) is 0 Å². The van der Waals surface area contributed by atoms with Gasteiger partial charge in [-0.2, -0.15) is 14.8 Å². The molecule has 7 nitrogen and oxygen atoms in total. The Morgan fingerprint density at radius 3 is 2.31 bits per heavy atom. The Kier molecular flexibility index (Phi) is 4.38. The van der Waals surface area contributed by atoms with Crippen LogP contribution in [0.5, 0.6) is 0 Å². The second-order valence-corrected chi connectivity index (χ2v) is 6.31. The third-order valence-corrected chi connectivity index (χ3v) is 3.91. The molecule has 1 aliphatic rings. The number of carbonyl (C=O) groups excluding carboxylic acids is 2. The summed E-state index contributed by atoms with van der Waals surface area (Å²) in [5.41, 5.74) is 3.93. The molecule has 0 fully saturated rings. The first-order valence-corrected chi connectivity index (χ1v) is 8.09. The average Bonchev–Trinajstić information content (AvgIpc) is 2.91. The third kappa shape index (κ3) is 3.37. The minimum atomic E-state index is -0.466. The van der Waals surface area contributed by atoms with Gasteiger partial charge in [-0.15, -0.1) is 0 Å². The van der Waals surface area contributed by atoms with Gasteiger partial charge in [0.2, 0.25) is 0 Å². The zero-order valence-corrected chi connectivity index (χ0v) is 15.1. The number of aliphatic imine (C=N–C) groups is 2. The Labute approximate surface area is 151 Å². The van der Waals surface area contributed by atoms with Crippen LogP contribution in [0.4, 0.5) is 5.82 Å². The molecule has 2 aromatic rings. The summed E-state index contributed by atoms with van der Waals surface area (Å²) in [4.78, 5) is 32.7. The van der Waals surface area contributed by atoms with Crippen LogP contribution >= 0.6 is 0 Å². The van der Waals surface area contributed by atoms with Crippen LogP contribution in [0, 0.1) is 20.8 Å². The summed E-state index contributed by atoms with van der Waals surface area (Å²) in [6, 6.07) is 7.31. The van der Waals surface area contributed by atoms with Crippen LogP contribution in [0.3, 0.4) is 0 Å². The summed E-state index contributed by atoms with van der Waals surface area (Å²) < 4.78 is 1.35. The van der Waals surface area contributed by atoms with Gasteiger partial charge in [0.05, 0.1) is 17.0 Å². The molecular weight excluding hydrogens is 330 g/mol. The number of anilines is 1. The highest BCUT2D eigenvalue weighted by Crippen LogP contribution is 2.17. The van der Waals surface area contributed by atoms with E-state index in [1.165, 1.54) is 4.68 Å². The Morgan fingerprint density at radius 2 is 1.69 bits per heavy atom. The van der Waals surface area contributed by atoms with Crippen LogP contribution in [-0.2, 0) is 4.79 Å². The average molecular weight is 349 g/mol. The maximum Gasteiger partial charge on any atom is 0.281 e.